The Morgan fingerprint density at radius 2 is 1.24 bits per heavy atom. The van der Waals surface area contributed by atoms with Gasteiger partial charge in [-0.3, -0.25) is 0 Å². The molecule has 0 aliphatic carbocycles. The molecule has 0 bridgehead atoms. The van der Waals surface area contributed by atoms with Gasteiger partial charge in [0, 0.05) is 0 Å². The van der Waals surface area contributed by atoms with E-state index in [2.05, 4.69) is 19.1 Å². The van der Waals surface area contributed by atoms with Gasteiger partial charge in [-0.15, -0.1) is 0 Å². The van der Waals surface area contributed by atoms with Gasteiger partial charge in [0.1, 0.15) is 11.5 Å². The highest BCUT2D eigenvalue weighted by Crippen LogP contribution is 2.40. The molecule has 2 heteroatoms. The first-order chi connectivity index (χ1) is 9.99. The Morgan fingerprint density at radius 3 is 1.71 bits per heavy atom. The van der Waals surface area contributed by atoms with Crippen LogP contribution >= 0.6 is 0 Å². The minimum Gasteiger partial charge on any atom is -0.490 e. The van der Waals surface area contributed by atoms with Crippen LogP contribution in [0.5, 0.6) is 11.5 Å². The fraction of sp³-hybridized carbons (Fsp3) is 0.368. The third kappa shape index (κ3) is 3.78. The molecule has 2 nitrogen and oxygen atoms in total. The minimum atomic E-state index is 0.127. The molecule has 0 amide bonds. The lowest BCUT2D eigenvalue weighted by molar-refractivity contribution is 0.231. The second-order valence-electron chi connectivity index (χ2n) is 5.78. The highest BCUT2D eigenvalue weighted by Gasteiger charge is 2.16. The summed E-state index contributed by atoms with van der Waals surface area (Å²) in [5, 5.41) is 0. The van der Waals surface area contributed by atoms with E-state index in [1.165, 1.54) is 5.56 Å². The van der Waals surface area contributed by atoms with E-state index >= 15 is 0 Å². The average molecular weight is 284 g/mol. The molecule has 0 radical (unpaired) electrons. The lowest BCUT2D eigenvalue weighted by atomic mass is 9.98. The summed E-state index contributed by atoms with van der Waals surface area (Å²) in [6.45, 7) is 10.3. The largest absolute Gasteiger partial charge is 0.490 e. The van der Waals surface area contributed by atoms with Crippen molar-refractivity contribution in [3.8, 4) is 22.6 Å². The number of rotatable bonds is 5. The zero-order valence-electron chi connectivity index (χ0n) is 13.5. The molecule has 0 aliphatic heterocycles. The van der Waals surface area contributed by atoms with Gasteiger partial charge in [-0.1, -0.05) is 30.3 Å². The third-order valence-electron chi connectivity index (χ3n) is 3.13. The molecule has 0 aromatic heterocycles. The van der Waals surface area contributed by atoms with Gasteiger partial charge < -0.3 is 9.47 Å². The van der Waals surface area contributed by atoms with Gasteiger partial charge in [0.05, 0.1) is 17.8 Å². The summed E-state index contributed by atoms with van der Waals surface area (Å²) in [6.07, 6.45) is 0.254. The van der Waals surface area contributed by atoms with Crippen molar-refractivity contribution >= 4 is 0 Å². The standard InChI is InChI=1S/C19H24O2/c1-13(2)20-17-11-8-12-18(21-14(3)4)19(17)16-10-7-6-9-15(16)5/h6-14H,1-5H3. The summed E-state index contributed by atoms with van der Waals surface area (Å²) in [6, 6.07) is 14.3. The van der Waals surface area contributed by atoms with Gasteiger partial charge in [0.15, 0.2) is 0 Å². The zero-order chi connectivity index (χ0) is 15.4. The molecule has 2 aromatic carbocycles. The Labute approximate surface area is 127 Å². The van der Waals surface area contributed by atoms with Crippen LogP contribution in [0.25, 0.3) is 11.1 Å². The summed E-state index contributed by atoms with van der Waals surface area (Å²) >= 11 is 0. The van der Waals surface area contributed by atoms with Crippen LogP contribution in [0.3, 0.4) is 0 Å². The molecule has 0 N–H and O–H groups in total. The normalized spacial score (nSPS) is 11.0. The van der Waals surface area contributed by atoms with Crippen molar-refractivity contribution in [2.45, 2.75) is 46.8 Å². The summed E-state index contributed by atoms with van der Waals surface area (Å²) in [5.41, 5.74) is 3.41. The molecule has 0 fully saturated rings. The molecule has 2 aromatic rings. The molecule has 0 unspecified atom stereocenters. The van der Waals surface area contributed by atoms with Crippen LogP contribution < -0.4 is 9.47 Å². The number of ether oxygens (including phenoxy) is 2. The van der Waals surface area contributed by atoms with Gasteiger partial charge in [-0.25, -0.2) is 0 Å². The molecular weight excluding hydrogens is 260 g/mol. The van der Waals surface area contributed by atoms with Crippen molar-refractivity contribution in [3.63, 3.8) is 0 Å². The Hall–Kier alpha value is -1.96. The maximum Gasteiger partial charge on any atom is 0.131 e. The van der Waals surface area contributed by atoms with Crippen LogP contribution in [-0.2, 0) is 0 Å². The Kier molecular flexibility index (Phi) is 4.89. The van der Waals surface area contributed by atoms with E-state index in [1.54, 1.807) is 0 Å². The molecule has 2 rings (SSSR count). The van der Waals surface area contributed by atoms with Gasteiger partial charge in [0.2, 0.25) is 0 Å². The quantitative estimate of drug-likeness (QED) is 0.748. The van der Waals surface area contributed by atoms with Crippen LogP contribution in [-0.4, -0.2) is 12.2 Å². The maximum absolute atomic E-state index is 6.00. The smallest absolute Gasteiger partial charge is 0.131 e. The zero-order valence-corrected chi connectivity index (χ0v) is 13.5. The van der Waals surface area contributed by atoms with Gasteiger partial charge in [-0.05, 0) is 57.9 Å². The molecular formula is C19H24O2. The number of hydrogen-bond donors (Lipinski definition) is 0. The molecule has 0 spiro atoms. The van der Waals surface area contributed by atoms with Crippen LogP contribution in [0.15, 0.2) is 42.5 Å². The summed E-state index contributed by atoms with van der Waals surface area (Å²) in [4.78, 5) is 0. The van der Waals surface area contributed by atoms with Crippen molar-refractivity contribution in [2.75, 3.05) is 0 Å². The summed E-state index contributed by atoms with van der Waals surface area (Å²) in [5.74, 6) is 1.75. The van der Waals surface area contributed by atoms with Crippen LogP contribution in [0, 0.1) is 6.92 Å². The lowest BCUT2D eigenvalue weighted by Crippen LogP contribution is -2.10. The summed E-state index contributed by atoms with van der Waals surface area (Å²) in [7, 11) is 0. The molecule has 0 atom stereocenters. The molecule has 0 aliphatic rings. The van der Waals surface area contributed by atoms with E-state index in [4.69, 9.17) is 9.47 Å². The predicted octanol–water partition coefficient (Wildman–Crippen LogP) is 5.24. The topological polar surface area (TPSA) is 18.5 Å². The van der Waals surface area contributed by atoms with Crippen LogP contribution in [0.4, 0.5) is 0 Å². The van der Waals surface area contributed by atoms with Crippen molar-refractivity contribution in [1.82, 2.24) is 0 Å². The van der Waals surface area contributed by atoms with E-state index in [1.807, 2.05) is 58.0 Å². The van der Waals surface area contributed by atoms with E-state index in [9.17, 15) is 0 Å². The van der Waals surface area contributed by atoms with E-state index in [0.29, 0.717) is 0 Å². The third-order valence-corrected chi connectivity index (χ3v) is 3.13. The average Bonchev–Trinajstić information content (AvgIpc) is 2.39. The summed E-state index contributed by atoms with van der Waals surface area (Å²) < 4.78 is 12.0. The fourth-order valence-corrected chi connectivity index (χ4v) is 2.33. The van der Waals surface area contributed by atoms with E-state index < -0.39 is 0 Å². The van der Waals surface area contributed by atoms with Gasteiger partial charge >= 0.3 is 0 Å². The highest BCUT2D eigenvalue weighted by atomic mass is 16.5. The lowest BCUT2D eigenvalue weighted by Gasteiger charge is -2.20. The number of benzene rings is 2. The second-order valence-corrected chi connectivity index (χ2v) is 5.78. The van der Waals surface area contributed by atoms with Gasteiger partial charge in [-0.2, -0.15) is 0 Å². The Balaban J connectivity index is 2.60. The van der Waals surface area contributed by atoms with Crippen molar-refractivity contribution in [1.29, 1.82) is 0 Å². The molecule has 0 saturated carbocycles. The molecule has 112 valence electrons. The van der Waals surface area contributed by atoms with E-state index in [0.717, 1.165) is 22.6 Å². The predicted molar refractivity (Wildman–Crippen MR) is 88.1 cm³/mol. The SMILES string of the molecule is Cc1ccccc1-c1c(OC(C)C)cccc1OC(C)C. The number of hydrogen-bond acceptors (Lipinski definition) is 2. The number of aryl methyl sites for hydroxylation is 1. The monoisotopic (exact) mass is 284 g/mol. The Bertz CT molecular complexity index is 572. The highest BCUT2D eigenvalue weighted by molar-refractivity contribution is 5.79. The maximum atomic E-state index is 6.00. The van der Waals surface area contributed by atoms with Crippen LogP contribution in [0.1, 0.15) is 33.3 Å². The first-order valence-electron chi connectivity index (χ1n) is 7.51. The first kappa shape index (κ1) is 15.4. The minimum absolute atomic E-state index is 0.127. The molecule has 21 heavy (non-hydrogen) atoms. The van der Waals surface area contributed by atoms with Crippen molar-refractivity contribution in [2.24, 2.45) is 0 Å². The van der Waals surface area contributed by atoms with Gasteiger partial charge in [0.25, 0.3) is 0 Å². The van der Waals surface area contributed by atoms with Crippen LogP contribution in [0.2, 0.25) is 0 Å². The van der Waals surface area contributed by atoms with E-state index in [-0.39, 0.29) is 12.2 Å². The molecule has 0 saturated heterocycles. The van der Waals surface area contributed by atoms with Crippen molar-refractivity contribution < 1.29 is 9.47 Å². The van der Waals surface area contributed by atoms with Crippen molar-refractivity contribution in [3.05, 3.63) is 48.0 Å². The fourth-order valence-electron chi connectivity index (χ4n) is 2.33. The molecule has 0 heterocycles. The second kappa shape index (κ2) is 6.66. The first-order valence-corrected chi connectivity index (χ1v) is 7.51. The Morgan fingerprint density at radius 1 is 0.714 bits per heavy atom.